The molecule has 1 heterocycles. The maximum atomic E-state index is 13.2. The summed E-state index contributed by atoms with van der Waals surface area (Å²) in [6.07, 6.45) is 0. The van der Waals surface area contributed by atoms with Crippen molar-refractivity contribution in [2.24, 2.45) is 0 Å². The Morgan fingerprint density at radius 2 is 1.92 bits per heavy atom. The van der Waals surface area contributed by atoms with Crippen molar-refractivity contribution >= 4 is 50.5 Å². The van der Waals surface area contributed by atoms with Crippen LogP contribution in [0.2, 0.25) is 10.0 Å². The van der Waals surface area contributed by atoms with Gasteiger partial charge in [0, 0.05) is 6.07 Å². The molecule has 0 saturated heterocycles. The molecule has 1 amide bonds. The second-order valence-corrected chi connectivity index (χ2v) is 7.32. The lowest BCUT2D eigenvalue weighted by molar-refractivity contribution is -0.118. The Bertz CT molecular complexity index is 950. The molecule has 2 N–H and O–H groups in total. The second kappa shape index (κ2) is 6.12. The number of halogens is 3. The summed E-state index contributed by atoms with van der Waals surface area (Å²) in [5, 5.41) is 2.18. The van der Waals surface area contributed by atoms with Crippen molar-refractivity contribution in [3.05, 3.63) is 46.2 Å². The zero-order valence-corrected chi connectivity index (χ0v) is 14.1. The van der Waals surface area contributed by atoms with Crippen molar-refractivity contribution in [1.29, 1.82) is 0 Å². The maximum Gasteiger partial charge on any atom is 0.263 e. The monoisotopic (exact) mass is 390 g/mol. The van der Waals surface area contributed by atoms with E-state index in [0.29, 0.717) is 0 Å². The molecular weight excluding hydrogens is 382 g/mol. The Kier molecular flexibility index (Phi) is 4.29. The molecule has 2 aromatic carbocycles. The van der Waals surface area contributed by atoms with Crippen LogP contribution in [0.4, 0.5) is 15.8 Å². The van der Waals surface area contributed by atoms with E-state index in [-0.39, 0.29) is 44.6 Å². The Hall–Kier alpha value is -2.03. The average Bonchev–Trinajstić information content (AvgIpc) is 2.49. The molecule has 6 nitrogen and oxygen atoms in total. The number of amides is 1. The summed E-state index contributed by atoms with van der Waals surface area (Å²) in [5.41, 5.74) is 0.351. The number of hydrogen-bond acceptors (Lipinski definition) is 4. The molecule has 10 heteroatoms. The van der Waals surface area contributed by atoms with Crippen LogP contribution in [0.3, 0.4) is 0 Å². The number of hydrogen-bond donors (Lipinski definition) is 2. The molecule has 0 aromatic heterocycles. The highest BCUT2D eigenvalue weighted by Crippen LogP contribution is 2.36. The first-order valence-corrected chi connectivity index (χ1v) is 8.74. The Labute approximate surface area is 146 Å². The van der Waals surface area contributed by atoms with Gasteiger partial charge in [0.25, 0.3) is 15.9 Å². The number of sulfonamides is 1. The fourth-order valence-electron chi connectivity index (χ4n) is 2.06. The molecule has 126 valence electrons. The maximum absolute atomic E-state index is 13.2. The van der Waals surface area contributed by atoms with E-state index in [1.165, 1.54) is 18.2 Å². The number of rotatable bonds is 3. The molecule has 0 bridgehead atoms. The summed E-state index contributed by atoms with van der Waals surface area (Å²) >= 11 is 11.6. The Morgan fingerprint density at radius 1 is 1.17 bits per heavy atom. The van der Waals surface area contributed by atoms with E-state index in [1.54, 1.807) is 0 Å². The molecular formula is C14H9Cl2FN2O4S. The fraction of sp³-hybridized carbons (Fsp3) is 0.0714. The lowest BCUT2D eigenvalue weighted by atomic mass is 10.2. The van der Waals surface area contributed by atoms with Crippen molar-refractivity contribution < 1.29 is 22.3 Å². The topological polar surface area (TPSA) is 84.5 Å². The summed E-state index contributed by atoms with van der Waals surface area (Å²) in [6.45, 7) is -0.227. The first kappa shape index (κ1) is 16.8. The van der Waals surface area contributed by atoms with Gasteiger partial charge in [0.2, 0.25) is 0 Å². The number of carbonyl (C=O) groups is 1. The predicted octanol–water partition coefficient (Wildman–Crippen LogP) is 3.26. The minimum atomic E-state index is -4.08. The van der Waals surface area contributed by atoms with Gasteiger partial charge in [-0.15, -0.1) is 0 Å². The molecule has 2 aromatic rings. The fourth-order valence-corrected chi connectivity index (χ4v) is 3.83. The number of anilines is 2. The van der Waals surface area contributed by atoms with E-state index in [1.807, 2.05) is 0 Å². The highest BCUT2D eigenvalue weighted by Gasteiger charge is 2.24. The van der Waals surface area contributed by atoms with Gasteiger partial charge in [-0.05, 0) is 24.3 Å². The smallest absolute Gasteiger partial charge is 0.263 e. The summed E-state index contributed by atoms with van der Waals surface area (Å²) in [4.78, 5) is 11.0. The van der Waals surface area contributed by atoms with Gasteiger partial charge >= 0.3 is 0 Å². The molecule has 1 aliphatic rings. The van der Waals surface area contributed by atoms with Gasteiger partial charge in [-0.3, -0.25) is 9.52 Å². The van der Waals surface area contributed by atoms with Crippen LogP contribution in [0.25, 0.3) is 0 Å². The minimum Gasteiger partial charge on any atom is -0.482 e. The lowest BCUT2D eigenvalue weighted by Gasteiger charge is -2.19. The van der Waals surface area contributed by atoms with Crippen LogP contribution in [-0.4, -0.2) is 20.9 Å². The van der Waals surface area contributed by atoms with Crippen LogP contribution in [-0.2, 0) is 14.8 Å². The normalized spacial score (nSPS) is 13.7. The quantitative estimate of drug-likeness (QED) is 0.841. The van der Waals surface area contributed by atoms with E-state index in [9.17, 15) is 17.6 Å². The van der Waals surface area contributed by atoms with Crippen molar-refractivity contribution in [2.75, 3.05) is 16.6 Å². The third kappa shape index (κ3) is 3.26. The van der Waals surface area contributed by atoms with Crippen LogP contribution in [0.1, 0.15) is 0 Å². The molecule has 0 radical (unpaired) electrons. The SMILES string of the molecule is O=C1COc2cc(S(=O)(=O)Nc3ccc(F)c(Cl)c3)c(Cl)cc2N1. The summed E-state index contributed by atoms with van der Waals surface area (Å²) < 4.78 is 45.6. The lowest BCUT2D eigenvalue weighted by Crippen LogP contribution is -2.25. The van der Waals surface area contributed by atoms with Crippen LogP contribution in [0, 0.1) is 5.82 Å². The van der Waals surface area contributed by atoms with Crippen molar-refractivity contribution in [3.63, 3.8) is 0 Å². The van der Waals surface area contributed by atoms with Crippen LogP contribution in [0.15, 0.2) is 35.2 Å². The van der Waals surface area contributed by atoms with Gasteiger partial charge in [-0.1, -0.05) is 23.2 Å². The second-order valence-electron chi connectivity index (χ2n) is 4.85. The van der Waals surface area contributed by atoms with E-state index in [0.717, 1.165) is 12.1 Å². The van der Waals surface area contributed by atoms with Gasteiger partial charge in [-0.25, -0.2) is 12.8 Å². The van der Waals surface area contributed by atoms with E-state index in [2.05, 4.69) is 10.0 Å². The predicted molar refractivity (Wildman–Crippen MR) is 87.8 cm³/mol. The summed E-state index contributed by atoms with van der Waals surface area (Å²) in [5.74, 6) is -0.861. The van der Waals surface area contributed by atoms with Gasteiger partial charge < -0.3 is 10.1 Å². The van der Waals surface area contributed by atoms with E-state index >= 15 is 0 Å². The van der Waals surface area contributed by atoms with Crippen molar-refractivity contribution in [2.45, 2.75) is 4.90 Å². The molecule has 24 heavy (non-hydrogen) atoms. The number of carbonyl (C=O) groups excluding carboxylic acids is 1. The molecule has 0 unspecified atom stereocenters. The highest BCUT2D eigenvalue weighted by atomic mass is 35.5. The summed E-state index contributed by atoms with van der Waals surface area (Å²) in [6, 6.07) is 5.87. The molecule has 1 aliphatic heterocycles. The van der Waals surface area contributed by atoms with Crippen LogP contribution >= 0.6 is 23.2 Å². The largest absolute Gasteiger partial charge is 0.482 e. The standard InChI is InChI=1S/C14H9Cl2FN2O4S/c15-8-3-7(1-2-10(8)17)19-24(21,22)13-5-12-11(4-9(13)16)18-14(20)6-23-12/h1-5,19H,6H2,(H,18,20). The molecule has 0 aliphatic carbocycles. The van der Waals surface area contributed by atoms with Crippen LogP contribution in [0.5, 0.6) is 5.75 Å². The summed E-state index contributed by atoms with van der Waals surface area (Å²) in [7, 11) is -4.08. The highest BCUT2D eigenvalue weighted by molar-refractivity contribution is 7.92. The van der Waals surface area contributed by atoms with E-state index < -0.39 is 15.8 Å². The molecule has 0 atom stereocenters. The third-order valence-electron chi connectivity index (χ3n) is 3.13. The van der Waals surface area contributed by atoms with Gasteiger partial charge in [-0.2, -0.15) is 0 Å². The molecule has 3 rings (SSSR count). The van der Waals surface area contributed by atoms with Crippen LogP contribution < -0.4 is 14.8 Å². The third-order valence-corrected chi connectivity index (χ3v) is 5.26. The van der Waals surface area contributed by atoms with Gasteiger partial charge in [0.15, 0.2) is 6.61 Å². The molecule has 0 saturated carbocycles. The number of benzene rings is 2. The van der Waals surface area contributed by atoms with Crippen molar-refractivity contribution in [1.82, 2.24) is 0 Å². The average molecular weight is 391 g/mol. The molecule has 0 spiro atoms. The number of fused-ring (bicyclic) bond motifs is 1. The Morgan fingerprint density at radius 3 is 2.62 bits per heavy atom. The number of ether oxygens (including phenoxy) is 1. The van der Waals surface area contributed by atoms with E-state index in [4.69, 9.17) is 27.9 Å². The Balaban J connectivity index is 1.97. The minimum absolute atomic E-state index is 0.0735. The molecule has 0 fully saturated rings. The van der Waals surface area contributed by atoms with Gasteiger partial charge in [0.05, 0.1) is 21.4 Å². The number of nitrogens with one attached hydrogen (secondary N) is 2. The zero-order chi connectivity index (χ0) is 17.5. The van der Waals surface area contributed by atoms with Crippen molar-refractivity contribution in [3.8, 4) is 5.75 Å². The zero-order valence-electron chi connectivity index (χ0n) is 11.8. The first-order chi connectivity index (χ1) is 11.3. The first-order valence-electron chi connectivity index (χ1n) is 6.50. The van der Waals surface area contributed by atoms with Gasteiger partial charge in [0.1, 0.15) is 16.5 Å².